The highest BCUT2D eigenvalue weighted by atomic mass is 32.2. The van der Waals surface area contributed by atoms with Crippen LogP contribution in [0, 0.1) is 5.92 Å². The van der Waals surface area contributed by atoms with Crippen molar-refractivity contribution in [2.24, 2.45) is 5.92 Å². The third kappa shape index (κ3) is 4.69. The molecule has 0 radical (unpaired) electrons. The Hall–Kier alpha value is -1.11. The van der Waals surface area contributed by atoms with Crippen LogP contribution in [-0.2, 0) is 10.0 Å². The molecule has 1 aromatic rings. The third-order valence-electron chi connectivity index (χ3n) is 3.70. The van der Waals surface area contributed by atoms with Gasteiger partial charge < -0.3 is 10.6 Å². The molecule has 0 aliphatic carbocycles. The zero-order valence-electron chi connectivity index (χ0n) is 12.6. The molecule has 1 atom stereocenters. The van der Waals surface area contributed by atoms with Gasteiger partial charge in [0.15, 0.2) is 0 Å². The molecule has 1 saturated heterocycles. The number of hydrogen-bond donors (Lipinski definition) is 3. The molecule has 21 heavy (non-hydrogen) atoms. The van der Waals surface area contributed by atoms with E-state index in [1.54, 1.807) is 12.1 Å². The van der Waals surface area contributed by atoms with Crippen molar-refractivity contribution >= 4 is 15.7 Å². The van der Waals surface area contributed by atoms with Gasteiger partial charge in [0.25, 0.3) is 0 Å². The minimum absolute atomic E-state index is 0.335. The lowest BCUT2D eigenvalue weighted by atomic mass is 10.00. The van der Waals surface area contributed by atoms with E-state index in [9.17, 15) is 8.42 Å². The van der Waals surface area contributed by atoms with E-state index in [0.29, 0.717) is 23.0 Å². The van der Waals surface area contributed by atoms with E-state index in [0.717, 1.165) is 26.1 Å². The van der Waals surface area contributed by atoms with Crippen molar-refractivity contribution in [3.05, 3.63) is 24.3 Å². The first-order chi connectivity index (χ1) is 10.1. The van der Waals surface area contributed by atoms with E-state index in [-0.39, 0.29) is 0 Å². The number of rotatable bonds is 7. The van der Waals surface area contributed by atoms with Crippen LogP contribution in [0.1, 0.15) is 26.2 Å². The SMILES string of the molecule is CCCNS(=O)(=O)c1ccccc1NCC1CCCNC1. The number of sulfonamides is 1. The Morgan fingerprint density at radius 3 is 2.86 bits per heavy atom. The summed E-state index contributed by atoms with van der Waals surface area (Å²) in [5.41, 5.74) is 0.687. The zero-order chi connectivity index (χ0) is 15.1. The quantitative estimate of drug-likeness (QED) is 0.718. The minimum atomic E-state index is -3.43. The zero-order valence-corrected chi connectivity index (χ0v) is 13.4. The van der Waals surface area contributed by atoms with Gasteiger partial charge >= 0.3 is 0 Å². The summed E-state index contributed by atoms with van der Waals surface area (Å²) >= 11 is 0. The van der Waals surface area contributed by atoms with Crippen LogP contribution in [0.25, 0.3) is 0 Å². The Labute approximate surface area is 127 Å². The molecule has 1 fully saturated rings. The number of anilines is 1. The van der Waals surface area contributed by atoms with Crippen LogP contribution in [0.2, 0.25) is 0 Å². The van der Waals surface area contributed by atoms with E-state index >= 15 is 0 Å². The Balaban J connectivity index is 2.05. The lowest BCUT2D eigenvalue weighted by Crippen LogP contribution is -2.34. The normalized spacial score (nSPS) is 19.4. The topological polar surface area (TPSA) is 70.2 Å². The van der Waals surface area contributed by atoms with Crippen molar-refractivity contribution in [2.75, 3.05) is 31.5 Å². The van der Waals surface area contributed by atoms with Crippen molar-refractivity contribution in [3.8, 4) is 0 Å². The predicted octanol–water partition coefficient (Wildman–Crippen LogP) is 1.79. The molecule has 1 aliphatic heterocycles. The first-order valence-corrected chi connectivity index (χ1v) is 9.15. The summed E-state index contributed by atoms with van der Waals surface area (Å²) in [6.45, 7) is 5.29. The second kappa shape index (κ2) is 7.77. The molecule has 1 unspecified atom stereocenters. The summed E-state index contributed by atoms with van der Waals surface area (Å²) in [5.74, 6) is 0.554. The van der Waals surface area contributed by atoms with Gasteiger partial charge in [-0.25, -0.2) is 13.1 Å². The molecule has 6 heteroatoms. The molecular weight excluding hydrogens is 286 g/mol. The van der Waals surface area contributed by atoms with Gasteiger partial charge in [-0.15, -0.1) is 0 Å². The smallest absolute Gasteiger partial charge is 0.242 e. The molecule has 0 spiro atoms. The highest BCUT2D eigenvalue weighted by molar-refractivity contribution is 7.89. The van der Waals surface area contributed by atoms with E-state index in [2.05, 4.69) is 15.4 Å². The molecule has 0 amide bonds. The highest BCUT2D eigenvalue weighted by Gasteiger charge is 2.18. The summed E-state index contributed by atoms with van der Waals surface area (Å²) in [7, 11) is -3.43. The maximum absolute atomic E-state index is 12.3. The van der Waals surface area contributed by atoms with Gasteiger partial charge in [0.05, 0.1) is 5.69 Å². The standard InChI is InChI=1S/C15H25N3O2S/c1-2-9-18-21(19,20)15-8-4-3-7-14(15)17-12-13-6-5-10-16-11-13/h3-4,7-8,13,16-18H,2,5-6,9-12H2,1H3. The number of benzene rings is 1. The van der Waals surface area contributed by atoms with Crippen LogP contribution in [-0.4, -0.2) is 34.6 Å². The Morgan fingerprint density at radius 2 is 2.14 bits per heavy atom. The monoisotopic (exact) mass is 311 g/mol. The van der Waals surface area contributed by atoms with Crippen LogP contribution >= 0.6 is 0 Å². The second-order valence-electron chi connectivity index (χ2n) is 5.49. The second-order valence-corrected chi connectivity index (χ2v) is 7.22. The maximum Gasteiger partial charge on any atom is 0.242 e. The van der Waals surface area contributed by atoms with Gasteiger partial charge in [-0.2, -0.15) is 0 Å². The number of para-hydroxylation sites is 1. The van der Waals surface area contributed by atoms with Gasteiger partial charge in [0.2, 0.25) is 10.0 Å². The fourth-order valence-corrected chi connectivity index (χ4v) is 3.83. The molecule has 0 aromatic heterocycles. The van der Waals surface area contributed by atoms with Gasteiger partial charge in [0.1, 0.15) is 4.90 Å². The summed E-state index contributed by atoms with van der Waals surface area (Å²) in [5, 5.41) is 6.68. The molecule has 1 heterocycles. The maximum atomic E-state index is 12.3. The Bertz CT molecular complexity index is 540. The van der Waals surface area contributed by atoms with E-state index < -0.39 is 10.0 Å². The molecular formula is C15H25N3O2S. The molecule has 2 rings (SSSR count). The van der Waals surface area contributed by atoms with Crippen LogP contribution in [0.3, 0.4) is 0 Å². The van der Waals surface area contributed by atoms with E-state index in [1.165, 1.54) is 12.8 Å². The van der Waals surface area contributed by atoms with Crippen LogP contribution < -0.4 is 15.4 Å². The van der Waals surface area contributed by atoms with Crippen molar-refractivity contribution in [1.29, 1.82) is 0 Å². The fraction of sp³-hybridized carbons (Fsp3) is 0.600. The lowest BCUT2D eigenvalue weighted by molar-refractivity contribution is 0.392. The highest BCUT2D eigenvalue weighted by Crippen LogP contribution is 2.21. The van der Waals surface area contributed by atoms with Gasteiger partial charge in [-0.05, 0) is 50.4 Å². The molecule has 5 nitrogen and oxygen atoms in total. The van der Waals surface area contributed by atoms with Gasteiger partial charge in [0, 0.05) is 13.1 Å². The number of hydrogen-bond acceptors (Lipinski definition) is 4. The van der Waals surface area contributed by atoms with Crippen molar-refractivity contribution in [3.63, 3.8) is 0 Å². The first kappa shape index (κ1) is 16.3. The Morgan fingerprint density at radius 1 is 1.33 bits per heavy atom. The minimum Gasteiger partial charge on any atom is -0.384 e. The Kier molecular flexibility index (Phi) is 6.02. The average Bonchev–Trinajstić information content (AvgIpc) is 2.52. The summed E-state index contributed by atoms with van der Waals surface area (Å²) in [4.78, 5) is 0.335. The van der Waals surface area contributed by atoms with Crippen LogP contribution in [0.5, 0.6) is 0 Å². The van der Waals surface area contributed by atoms with Crippen LogP contribution in [0.15, 0.2) is 29.2 Å². The summed E-state index contributed by atoms with van der Waals surface area (Å²) in [6.07, 6.45) is 3.15. The molecule has 0 saturated carbocycles. The van der Waals surface area contributed by atoms with Crippen molar-refractivity contribution in [2.45, 2.75) is 31.1 Å². The lowest BCUT2D eigenvalue weighted by Gasteiger charge is -2.24. The van der Waals surface area contributed by atoms with Crippen molar-refractivity contribution < 1.29 is 8.42 Å². The van der Waals surface area contributed by atoms with Gasteiger partial charge in [-0.1, -0.05) is 19.1 Å². The van der Waals surface area contributed by atoms with Crippen LogP contribution in [0.4, 0.5) is 5.69 Å². The molecule has 1 aliphatic rings. The average molecular weight is 311 g/mol. The summed E-state index contributed by atoms with van der Waals surface area (Å²) in [6, 6.07) is 7.10. The van der Waals surface area contributed by atoms with Crippen molar-refractivity contribution in [1.82, 2.24) is 10.0 Å². The number of piperidine rings is 1. The first-order valence-electron chi connectivity index (χ1n) is 7.66. The fourth-order valence-electron chi connectivity index (χ4n) is 2.51. The van der Waals surface area contributed by atoms with E-state index in [1.807, 2.05) is 19.1 Å². The third-order valence-corrected chi connectivity index (χ3v) is 5.22. The molecule has 118 valence electrons. The molecule has 3 N–H and O–H groups in total. The molecule has 1 aromatic carbocycles. The van der Waals surface area contributed by atoms with Gasteiger partial charge in [-0.3, -0.25) is 0 Å². The summed E-state index contributed by atoms with van der Waals surface area (Å²) < 4.78 is 27.2. The largest absolute Gasteiger partial charge is 0.384 e. The molecule has 0 bridgehead atoms. The number of nitrogens with one attached hydrogen (secondary N) is 3. The predicted molar refractivity (Wildman–Crippen MR) is 86.0 cm³/mol. The van der Waals surface area contributed by atoms with E-state index in [4.69, 9.17) is 0 Å².